The van der Waals surface area contributed by atoms with Crippen molar-refractivity contribution in [3.8, 4) is 0 Å². The molecule has 5 rings (SSSR count). The number of carbonyl (C=O) groups is 1. The van der Waals surface area contributed by atoms with E-state index in [2.05, 4.69) is 10.4 Å². The summed E-state index contributed by atoms with van der Waals surface area (Å²) < 4.78 is 0. The van der Waals surface area contributed by atoms with Crippen LogP contribution in [0.3, 0.4) is 0 Å². The molecule has 1 aliphatic heterocycles. The Morgan fingerprint density at radius 1 is 1.00 bits per heavy atom. The van der Waals surface area contributed by atoms with Gasteiger partial charge in [-0.2, -0.15) is 0 Å². The van der Waals surface area contributed by atoms with Gasteiger partial charge in [-0.15, -0.1) is 0 Å². The minimum Gasteiger partial charge on any atom is -0.301 e. The summed E-state index contributed by atoms with van der Waals surface area (Å²) in [5, 5.41) is 0. The standard InChI is InChI=1S/C18H30N2O2/c21-17(19-22-7-6-20-4-2-1-3-5-20)18-11-14-8-15(12-18)10-16(9-14)13-18/h14-16H,1-13H2,(H,19,21). The number of hydroxylamine groups is 1. The number of carbonyl (C=O) groups excluding carboxylic acids is 1. The molecule has 4 nitrogen and oxygen atoms in total. The van der Waals surface area contributed by atoms with Crippen LogP contribution in [0.25, 0.3) is 0 Å². The van der Waals surface area contributed by atoms with Gasteiger partial charge in [0.25, 0.3) is 0 Å². The Kier molecular flexibility index (Phi) is 4.16. The summed E-state index contributed by atoms with van der Waals surface area (Å²) in [7, 11) is 0. The maximum Gasteiger partial charge on any atom is 0.249 e. The smallest absolute Gasteiger partial charge is 0.249 e. The average Bonchev–Trinajstić information content (AvgIpc) is 2.51. The third-order valence-corrected chi connectivity index (χ3v) is 6.64. The molecule has 4 heteroatoms. The van der Waals surface area contributed by atoms with Crippen molar-refractivity contribution in [2.24, 2.45) is 23.2 Å². The van der Waals surface area contributed by atoms with Crippen molar-refractivity contribution in [2.75, 3.05) is 26.2 Å². The van der Waals surface area contributed by atoms with Crippen LogP contribution in [-0.4, -0.2) is 37.0 Å². The molecule has 1 N–H and O–H groups in total. The van der Waals surface area contributed by atoms with Gasteiger partial charge < -0.3 is 4.90 Å². The third kappa shape index (κ3) is 2.92. The second-order valence-corrected chi connectivity index (χ2v) is 8.38. The summed E-state index contributed by atoms with van der Waals surface area (Å²) in [4.78, 5) is 20.7. The highest BCUT2D eigenvalue weighted by atomic mass is 16.7. The molecule has 4 bridgehead atoms. The second-order valence-electron chi connectivity index (χ2n) is 8.38. The molecule has 124 valence electrons. The van der Waals surface area contributed by atoms with Crippen LogP contribution in [0.1, 0.15) is 57.8 Å². The first-order valence-corrected chi connectivity index (χ1v) is 9.38. The molecule has 0 atom stereocenters. The van der Waals surface area contributed by atoms with Crippen LogP contribution in [0, 0.1) is 23.2 Å². The van der Waals surface area contributed by atoms with Gasteiger partial charge >= 0.3 is 0 Å². The topological polar surface area (TPSA) is 41.6 Å². The van der Waals surface area contributed by atoms with Crippen molar-refractivity contribution in [1.82, 2.24) is 10.4 Å². The molecule has 5 aliphatic rings. The van der Waals surface area contributed by atoms with Crippen molar-refractivity contribution < 1.29 is 9.63 Å². The fraction of sp³-hybridized carbons (Fsp3) is 0.944. The van der Waals surface area contributed by atoms with E-state index < -0.39 is 0 Å². The van der Waals surface area contributed by atoms with Gasteiger partial charge in [-0.3, -0.25) is 9.63 Å². The summed E-state index contributed by atoms with van der Waals surface area (Å²) in [5.41, 5.74) is 2.73. The van der Waals surface area contributed by atoms with Crippen LogP contribution in [-0.2, 0) is 9.63 Å². The fourth-order valence-corrected chi connectivity index (χ4v) is 5.97. The molecule has 4 aliphatic carbocycles. The molecule has 0 aromatic carbocycles. The van der Waals surface area contributed by atoms with E-state index in [1.165, 1.54) is 51.6 Å². The third-order valence-electron chi connectivity index (χ3n) is 6.64. The lowest BCUT2D eigenvalue weighted by Gasteiger charge is -2.55. The second kappa shape index (κ2) is 6.12. The Hall–Kier alpha value is -0.610. The van der Waals surface area contributed by atoms with Crippen LogP contribution in [0.5, 0.6) is 0 Å². The van der Waals surface area contributed by atoms with Crippen LogP contribution >= 0.6 is 0 Å². The van der Waals surface area contributed by atoms with Crippen LogP contribution in [0.15, 0.2) is 0 Å². The number of hydrogen-bond acceptors (Lipinski definition) is 3. The van der Waals surface area contributed by atoms with E-state index >= 15 is 0 Å². The van der Waals surface area contributed by atoms with Gasteiger partial charge in [-0.05, 0) is 82.2 Å². The van der Waals surface area contributed by atoms with Crippen molar-refractivity contribution in [3.05, 3.63) is 0 Å². The number of piperidine rings is 1. The average molecular weight is 306 g/mol. The highest BCUT2D eigenvalue weighted by Gasteiger charge is 2.54. The SMILES string of the molecule is O=C(NOCCN1CCCCC1)C12CC3CC(CC(C3)C1)C2. The molecule has 0 radical (unpaired) electrons. The number of nitrogens with one attached hydrogen (secondary N) is 1. The first kappa shape index (κ1) is 14.9. The van der Waals surface area contributed by atoms with E-state index in [1.54, 1.807) is 0 Å². The Morgan fingerprint density at radius 2 is 1.59 bits per heavy atom. The Morgan fingerprint density at radius 3 is 2.18 bits per heavy atom. The number of nitrogens with zero attached hydrogens (tertiary/aromatic N) is 1. The van der Waals surface area contributed by atoms with Gasteiger partial charge in [0.15, 0.2) is 0 Å². The number of amides is 1. The number of hydrogen-bond donors (Lipinski definition) is 1. The zero-order chi connectivity index (χ0) is 15.0. The number of rotatable bonds is 5. The van der Waals surface area contributed by atoms with E-state index in [-0.39, 0.29) is 11.3 Å². The summed E-state index contributed by atoms with van der Waals surface area (Å²) >= 11 is 0. The first-order chi connectivity index (χ1) is 10.7. The van der Waals surface area contributed by atoms with E-state index in [0.29, 0.717) is 6.61 Å². The van der Waals surface area contributed by atoms with Gasteiger partial charge in [0.2, 0.25) is 5.91 Å². The molecule has 1 amide bonds. The van der Waals surface area contributed by atoms with Crippen molar-refractivity contribution >= 4 is 5.91 Å². The van der Waals surface area contributed by atoms with Crippen molar-refractivity contribution in [2.45, 2.75) is 57.8 Å². The zero-order valence-electron chi connectivity index (χ0n) is 13.7. The Bertz CT molecular complexity index is 382. The van der Waals surface area contributed by atoms with Crippen molar-refractivity contribution in [3.63, 3.8) is 0 Å². The van der Waals surface area contributed by atoms with Gasteiger partial charge in [0.05, 0.1) is 12.0 Å². The molecule has 22 heavy (non-hydrogen) atoms. The van der Waals surface area contributed by atoms with Gasteiger partial charge in [-0.1, -0.05) is 6.42 Å². The zero-order valence-corrected chi connectivity index (χ0v) is 13.7. The molecular formula is C18H30N2O2. The predicted molar refractivity (Wildman–Crippen MR) is 85.0 cm³/mol. The van der Waals surface area contributed by atoms with Crippen molar-refractivity contribution in [1.29, 1.82) is 0 Å². The molecule has 5 fully saturated rings. The normalized spacial score (nSPS) is 40.8. The van der Waals surface area contributed by atoms with E-state index in [4.69, 9.17) is 4.84 Å². The van der Waals surface area contributed by atoms with Gasteiger partial charge in [0, 0.05) is 6.54 Å². The minimum atomic E-state index is -0.0835. The summed E-state index contributed by atoms with van der Waals surface area (Å²) in [6.07, 6.45) is 11.4. The van der Waals surface area contributed by atoms with Crippen LogP contribution in [0.4, 0.5) is 0 Å². The summed E-state index contributed by atoms with van der Waals surface area (Å²) in [6.45, 7) is 3.94. The van der Waals surface area contributed by atoms with Crippen LogP contribution < -0.4 is 5.48 Å². The lowest BCUT2D eigenvalue weighted by atomic mass is 9.49. The molecule has 1 saturated heterocycles. The summed E-state index contributed by atoms with van der Waals surface area (Å²) in [6, 6.07) is 0. The molecule has 0 unspecified atom stereocenters. The molecule has 0 aromatic heterocycles. The van der Waals surface area contributed by atoms with E-state index in [1.807, 2.05) is 0 Å². The maximum atomic E-state index is 12.7. The lowest BCUT2D eigenvalue weighted by Crippen LogP contribution is -2.53. The van der Waals surface area contributed by atoms with Crippen LogP contribution in [0.2, 0.25) is 0 Å². The quantitative estimate of drug-likeness (QED) is 0.627. The monoisotopic (exact) mass is 306 g/mol. The van der Waals surface area contributed by atoms with Gasteiger partial charge in [-0.25, -0.2) is 5.48 Å². The molecule has 0 aromatic rings. The maximum absolute atomic E-state index is 12.7. The molecular weight excluding hydrogens is 276 g/mol. The first-order valence-electron chi connectivity index (χ1n) is 9.38. The highest BCUT2D eigenvalue weighted by molar-refractivity contribution is 5.82. The minimum absolute atomic E-state index is 0.0835. The van der Waals surface area contributed by atoms with Gasteiger partial charge in [0.1, 0.15) is 0 Å². The van der Waals surface area contributed by atoms with E-state index in [9.17, 15) is 4.79 Å². The molecule has 1 heterocycles. The largest absolute Gasteiger partial charge is 0.301 e. The predicted octanol–water partition coefficient (Wildman–Crippen LogP) is 2.74. The summed E-state index contributed by atoms with van der Waals surface area (Å²) in [5.74, 6) is 2.62. The number of likely N-dealkylation sites (tertiary alicyclic amines) is 1. The lowest BCUT2D eigenvalue weighted by molar-refractivity contribution is -0.159. The fourth-order valence-electron chi connectivity index (χ4n) is 5.97. The Labute approximate surface area is 133 Å². The molecule has 0 spiro atoms. The highest BCUT2D eigenvalue weighted by Crippen LogP contribution is 2.60. The Balaban J connectivity index is 1.24. The van der Waals surface area contributed by atoms with E-state index in [0.717, 1.165) is 43.6 Å². The molecule has 4 saturated carbocycles.